The average molecular weight is 558 g/mol. The van der Waals surface area contributed by atoms with Crippen molar-refractivity contribution in [2.75, 3.05) is 0 Å². The predicted octanol–water partition coefficient (Wildman–Crippen LogP) is 7.46. The van der Waals surface area contributed by atoms with Crippen LogP contribution < -0.4 is 26.0 Å². The summed E-state index contributed by atoms with van der Waals surface area (Å²) in [6, 6.07) is 44.1. The lowest BCUT2D eigenvalue weighted by atomic mass is 10.4. The number of hydrogen-bond acceptors (Lipinski definition) is 1. The Balaban J connectivity index is 2.30. The van der Waals surface area contributed by atoms with Gasteiger partial charge in [-0.05, 0) is 26.8 Å². The zero-order chi connectivity index (χ0) is 26.6. The van der Waals surface area contributed by atoms with E-state index in [-0.39, 0.29) is 0 Å². The fourth-order valence-corrected chi connectivity index (χ4v) is 22.6. The van der Waals surface area contributed by atoms with Crippen LogP contribution in [-0.2, 0) is 0 Å². The standard InChI is InChI=1S/C31H39N2P2Si2/c1-36(2,3)32-34(28-19-11-7-12-20-28,29-21-13-8-14-22-29)27-35(33-37(4,5)6,30-23-15-9-16-24-30)31-25-17-10-18-26-31/h7-27H,1-6H3. The van der Waals surface area contributed by atoms with Crippen LogP contribution in [0.5, 0.6) is 0 Å². The second kappa shape index (κ2) is 11.3. The molecule has 0 fully saturated rings. The maximum atomic E-state index is 5.92. The highest BCUT2D eigenvalue weighted by Gasteiger charge is 2.35. The van der Waals surface area contributed by atoms with Crippen LogP contribution in [0.25, 0.3) is 0 Å². The molecule has 37 heavy (non-hydrogen) atoms. The third kappa shape index (κ3) is 6.63. The summed E-state index contributed by atoms with van der Waals surface area (Å²) < 4.78 is 11.8. The first kappa shape index (κ1) is 27.8. The van der Waals surface area contributed by atoms with Crippen LogP contribution in [0.15, 0.2) is 126 Å². The van der Waals surface area contributed by atoms with Gasteiger partial charge in [0.2, 0.25) is 0 Å². The minimum absolute atomic E-state index is 1.31. The van der Waals surface area contributed by atoms with Gasteiger partial charge in [0.05, 0.1) is 0 Å². The molecule has 6 heteroatoms. The molecular formula is C31H39N2P2Si2. The number of benzene rings is 4. The van der Waals surface area contributed by atoms with E-state index in [1.165, 1.54) is 21.2 Å². The summed E-state index contributed by atoms with van der Waals surface area (Å²) in [4.78, 5) is 0. The molecule has 0 saturated carbocycles. The van der Waals surface area contributed by atoms with Crippen molar-refractivity contribution in [3.8, 4) is 0 Å². The topological polar surface area (TPSA) is 26.5 Å². The van der Waals surface area contributed by atoms with Gasteiger partial charge in [0.15, 0.2) is 8.24 Å². The fourth-order valence-electron chi connectivity index (χ4n) is 4.66. The molecule has 4 aromatic rings. The predicted molar refractivity (Wildman–Crippen MR) is 175 cm³/mol. The van der Waals surface area contributed by atoms with Crippen molar-refractivity contribution in [2.24, 2.45) is 4.41 Å². The molecule has 0 aromatic heterocycles. The lowest BCUT2D eigenvalue weighted by Crippen LogP contribution is -2.40. The highest BCUT2D eigenvalue weighted by Crippen LogP contribution is 2.56. The van der Waals surface area contributed by atoms with Gasteiger partial charge in [-0.25, -0.2) is 4.75 Å². The molecule has 1 radical (unpaired) electrons. The number of nitrogens with zero attached hydrogens (tertiary/aromatic N) is 2. The monoisotopic (exact) mass is 557 g/mol. The van der Waals surface area contributed by atoms with Gasteiger partial charge < -0.3 is 4.41 Å². The molecule has 0 bridgehead atoms. The Bertz CT molecular complexity index is 1320. The number of hydrogen-bond donors (Lipinski definition) is 0. The van der Waals surface area contributed by atoms with Gasteiger partial charge in [0.25, 0.3) is 0 Å². The van der Waals surface area contributed by atoms with Crippen LogP contribution in [0, 0.1) is 0 Å². The molecule has 0 spiro atoms. The van der Waals surface area contributed by atoms with Crippen LogP contribution in [0.4, 0.5) is 0 Å². The lowest BCUT2D eigenvalue weighted by Gasteiger charge is -2.37. The third-order valence-electron chi connectivity index (χ3n) is 5.85. The van der Waals surface area contributed by atoms with Crippen LogP contribution >= 0.6 is 14.1 Å². The Labute approximate surface area is 226 Å². The molecule has 0 saturated heterocycles. The summed E-state index contributed by atoms with van der Waals surface area (Å²) in [6.45, 7) is 14.2. The largest absolute Gasteiger partial charge is 0.326 e. The third-order valence-corrected chi connectivity index (χ3v) is 20.2. The van der Waals surface area contributed by atoms with Crippen molar-refractivity contribution in [2.45, 2.75) is 39.3 Å². The zero-order valence-electron chi connectivity index (χ0n) is 22.9. The maximum Gasteiger partial charge on any atom is 0.171 e. The first-order chi connectivity index (χ1) is 17.5. The molecule has 4 aromatic carbocycles. The van der Waals surface area contributed by atoms with Crippen LogP contribution in [0.2, 0.25) is 39.3 Å². The Hall–Kier alpha value is -2.20. The van der Waals surface area contributed by atoms with Gasteiger partial charge in [-0.15, -0.1) is 0 Å². The molecule has 191 valence electrons. The summed E-state index contributed by atoms with van der Waals surface area (Å²) in [5, 5.41) is 5.24. The van der Waals surface area contributed by atoms with Crippen molar-refractivity contribution in [1.82, 2.24) is 4.75 Å². The smallest absolute Gasteiger partial charge is 0.171 e. The van der Waals surface area contributed by atoms with Crippen LogP contribution in [-0.4, -0.2) is 22.0 Å². The summed E-state index contributed by atoms with van der Waals surface area (Å²) in [7, 11) is -8.42. The van der Waals surface area contributed by atoms with E-state index in [0.29, 0.717) is 0 Å². The molecule has 0 aliphatic rings. The lowest BCUT2D eigenvalue weighted by molar-refractivity contribution is 1.40. The summed E-state index contributed by atoms with van der Waals surface area (Å²) in [5.41, 5.74) is 2.69. The van der Waals surface area contributed by atoms with Gasteiger partial charge in [-0.1, -0.05) is 161 Å². The highest BCUT2D eigenvalue weighted by molar-refractivity contribution is 8.08. The summed E-state index contributed by atoms with van der Waals surface area (Å²) in [6.07, 6.45) is 0. The van der Waals surface area contributed by atoms with Crippen molar-refractivity contribution in [3.63, 3.8) is 0 Å². The SMILES string of the molecule is C[Si](C)(C)[N]P(=CP(=N[Si](C)(C)C)(c1ccccc1)c1ccccc1)(c1ccccc1)c1ccccc1. The summed E-state index contributed by atoms with van der Waals surface area (Å²) >= 11 is 0. The minimum atomic E-state index is -2.32. The molecule has 0 heterocycles. The van der Waals surface area contributed by atoms with E-state index < -0.39 is 30.6 Å². The average Bonchev–Trinajstić information content (AvgIpc) is 2.88. The molecule has 2 nitrogen and oxygen atoms in total. The Morgan fingerprint density at radius 3 is 1.08 bits per heavy atom. The first-order valence-corrected chi connectivity index (χ1v) is 23.4. The van der Waals surface area contributed by atoms with E-state index >= 15 is 0 Å². The second-order valence-corrected chi connectivity index (χ2v) is 27.4. The minimum Gasteiger partial charge on any atom is -0.326 e. The fraction of sp³-hybridized carbons (Fsp3) is 0.194. The number of rotatable bonds is 8. The van der Waals surface area contributed by atoms with E-state index in [4.69, 9.17) is 9.16 Å². The van der Waals surface area contributed by atoms with Crippen LogP contribution in [0.1, 0.15) is 0 Å². The molecule has 0 aliphatic carbocycles. The van der Waals surface area contributed by atoms with Gasteiger partial charge in [0, 0.05) is 14.1 Å². The van der Waals surface area contributed by atoms with Gasteiger partial charge in [0.1, 0.15) is 8.24 Å². The van der Waals surface area contributed by atoms with Gasteiger partial charge in [-0.3, -0.25) is 0 Å². The molecule has 4 rings (SSSR count). The molecule has 0 amide bonds. The molecule has 0 unspecified atom stereocenters. The van der Waals surface area contributed by atoms with E-state index in [1.54, 1.807) is 0 Å². The van der Waals surface area contributed by atoms with E-state index in [9.17, 15) is 0 Å². The van der Waals surface area contributed by atoms with Crippen LogP contribution in [0.3, 0.4) is 0 Å². The van der Waals surface area contributed by atoms with Crippen molar-refractivity contribution >= 4 is 57.3 Å². The second-order valence-electron chi connectivity index (χ2n) is 11.4. The Morgan fingerprint density at radius 2 is 0.784 bits per heavy atom. The highest BCUT2D eigenvalue weighted by atomic mass is 31.2. The van der Waals surface area contributed by atoms with Gasteiger partial charge >= 0.3 is 0 Å². The van der Waals surface area contributed by atoms with Crippen molar-refractivity contribution in [3.05, 3.63) is 121 Å². The molecule has 0 aliphatic heterocycles. The van der Waals surface area contributed by atoms with Crippen molar-refractivity contribution in [1.29, 1.82) is 0 Å². The van der Waals surface area contributed by atoms with E-state index in [2.05, 4.69) is 166 Å². The summed E-state index contributed by atoms with van der Waals surface area (Å²) in [5.74, 6) is 0. The first-order valence-electron chi connectivity index (χ1n) is 12.9. The molecular weight excluding hydrogens is 518 g/mol. The Kier molecular flexibility index (Phi) is 8.48. The van der Waals surface area contributed by atoms with Crippen molar-refractivity contribution < 1.29 is 0 Å². The molecule has 0 N–H and O–H groups in total. The zero-order valence-corrected chi connectivity index (χ0v) is 26.7. The quantitative estimate of drug-likeness (QED) is 0.159. The van der Waals surface area contributed by atoms with E-state index in [1.807, 2.05) is 0 Å². The molecule has 0 atom stereocenters. The maximum absolute atomic E-state index is 5.92. The van der Waals surface area contributed by atoms with E-state index in [0.717, 1.165) is 0 Å². The Morgan fingerprint density at radius 1 is 0.459 bits per heavy atom. The normalized spacial score (nSPS) is 12.7. The van der Waals surface area contributed by atoms with Gasteiger partial charge in [-0.2, -0.15) is 0 Å².